The van der Waals surface area contributed by atoms with E-state index >= 15 is 0 Å². The minimum Gasteiger partial charge on any atom is -0.465 e. The molecule has 2 heterocycles. The van der Waals surface area contributed by atoms with Crippen molar-refractivity contribution in [2.75, 3.05) is 7.11 Å². The normalized spacial score (nSPS) is 10.3. The summed E-state index contributed by atoms with van der Waals surface area (Å²) >= 11 is 0. The smallest absolute Gasteiger partial charge is 0.339 e. The number of hydrogen-bond donors (Lipinski definition) is 0. The van der Waals surface area contributed by atoms with Gasteiger partial charge in [0.15, 0.2) is 0 Å². The number of ether oxygens (including phenoxy) is 1. The Morgan fingerprint density at radius 3 is 2.59 bits per heavy atom. The second-order valence-electron chi connectivity index (χ2n) is 3.82. The van der Waals surface area contributed by atoms with Gasteiger partial charge < -0.3 is 9.30 Å². The van der Waals surface area contributed by atoms with Crippen LogP contribution < -0.4 is 0 Å². The number of hydrogen-bond acceptors (Lipinski definition) is 3. The van der Waals surface area contributed by atoms with E-state index in [2.05, 4.69) is 4.98 Å². The van der Waals surface area contributed by atoms with Gasteiger partial charge in [-0.15, -0.1) is 0 Å². The molecular weight excluding hydrogens is 216 g/mol. The van der Waals surface area contributed by atoms with E-state index in [0.29, 0.717) is 5.56 Å². The monoisotopic (exact) mass is 230 g/mol. The van der Waals surface area contributed by atoms with E-state index in [9.17, 15) is 4.79 Å². The third-order valence-electron chi connectivity index (χ3n) is 2.92. The van der Waals surface area contributed by atoms with Gasteiger partial charge in [-0.3, -0.25) is 4.98 Å². The summed E-state index contributed by atoms with van der Waals surface area (Å²) < 4.78 is 6.73. The molecule has 0 N–H and O–H groups in total. The lowest BCUT2D eigenvalue weighted by atomic mass is 10.2. The van der Waals surface area contributed by atoms with Crippen LogP contribution in [0.5, 0.6) is 0 Å². The first-order valence-electron chi connectivity index (χ1n) is 5.30. The first-order chi connectivity index (χ1) is 8.15. The molecule has 2 aromatic rings. The minimum absolute atomic E-state index is 0.307. The largest absolute Gasteiger partial charge is 0.465 e. The fraction of sp³-hybridized carbons (Fsp3) is 0.231. The maximum Gasteiger partial charge on any atom is 0.339 e. The Morgan fingerprint density at radius 1 is 1.35 bits per heavy atom. The lowest BCUT2D eigenvalue weighted by molar-refractivity contribution is 0.0600. The van der Waals surface area contributed by atoms with Crippen LogP contribution in [0.3, 0.4) is 0 Å². The van der Waals surface area contributed by atoms with E-state index in [0.717, 1.165) is 17.0 Å². The molecule has 0 aliphatic heterocycles. The molecule has 4 nitrogen and oxygen atoms in total. The maximum absolute atomic E-state index is 11.6. The van der Waals surface area contributed by atoms with Crippen molar-refractivity contribution in [3.63, 3.8) is 0 Å². The van der Waals surface area contributed by atoms with Gasteiger partial charge in [-0.2, -0.15) is 0 Å². The zero-order chi connectivity index (χ0) is 12.4. The van der Waals surface area contributed by atoms with Crippen molar-refractivity contribution in [3.8, 4) is 11.3 Å². The molecule has 0 spiro atoms. The van der Waals surface area contributed by atoms with E-state index < -0.39 is 0 Å². The molecule has 0 saturated carbocycles. The summed E-state index contributed by atoms with van der Waals surface area (Å²) in [4.78, 5) is 15.6. The molecule has 0 saturated heterocycles. The van der Waals surface area contributed by atoms with Gasteiger partial charge in [0.25, 0.3) is 0 Å². The summed E-state index contributed by atoms with van der Waals surface area (Å²) in [5.74, 6) is -0.307. The van der Waals surface area contributed by atoms with E-state index in [-0.39, 0.29) is 5.97 Å². The molecule has 0 amide bonds. The highest BCUT2D eigenvalue weighted by molar-refractivity contribution is 5.92. The summed E-state index contributed by atoms with van der Waals surface area (Å²) in [7, 11) is 3.32. The predicted octanol–water partition coefficient (Wildman–Crippen LogP) is 2.18. The highest BCUT2D eigenvalue weighted by Crippen LogP contribution is 2.24. The average Bonchev–Trinajstić information content (AvgIpc) is 2.67. The molecule has 0 bridgehead atoms. The molecule has 0 unspecified atom stereocenters. The van der Waals surface area contributed by atoms with Crippen LogP contribution in [0.4, 0.5) is 0 Å². The minimum atomic E-state index is -0.307. The van der Waals surface area contributed by atoms with Crippen molar-refractivity contribution in [3.05, 3.63) is 41.9 Å². The molecule has 0 radical (unpaired) electrons. The SMILES string of the molecule is COC(=O)c1cc(-c2ccncc2)n(C)c1C. The molecule has 0 atom stereocenters. The predicted molar refractivity (Wildman–Crippen MR) is 64.7 cm³/mol. The van der Waals surface area contributed by atoms with Crippen molar-refractivity contribution in [1.29, 1.82) is 0 Å². The van der Waals surface area contributed by atoms with Crippen molar-refractivity contribution in [2.24, 2.45) is 7.05 Å². The van der Waals surface area contributed by atoms with Crippen LogP contribution in [0.25, 0.3) is 11.3 Å². The van der Waals surface area contributed by atoms with Crippen molar-refractivity contribution in [2.45, 2.75) is 6.92 Å². The first kappa shape index (κ1) is 11.4. The average molecular weight is 230 g/mol. The van der Waals surface area contributed by atoms with E-state index in [4.69, 9.17) is 4.74 Å². The zero-order valence-corrected chi connectivity index (χ0v) is 10.1. The van der Waals surface area contributed by atoms with Gasteiger partial charge in [0, 0.05) is 36.4 Å². The lowest BCUT2D eigenvalue weighted by Crippen LogP contribution is -2.03. The summed E-state index contributed by atoms with van der Waals surface area (Å²) in [6.07, 6.45) is 3.46. The topological polar surface area (TPSA) is 44.1 Å². The highest BCUT2D eigenvalue weighted by atomic mass is 16.5. The molecule has 88 valence electrons. The van der Waals surface area contributed by atoms with Crippen molar-refractivity contribution < 1.29 is 9.53 Å². The fourth-order valence-corrected chi connectivity index (χ4v) is 1.82. The number of nitrogens with zero attached hydrogens (tertiary/aromatic N) is 2. The number of methoxy groups -OCH3 is 1. The van der Waals surface area contributed by atoms with Gasteiger partial charge in [-0.05, 0) is 25.1 Å². The highest BCUT2D eigenvalue weighted by Gasteiger charge is 2.16. The Bertz CT molecular complexity index is 544. The molecular formula is C13H14N2O2. The quantitative estimate of drug-likeness (QED) is 0.743. The summed E-state index contributed by atoms with van der Waals surface area (Å²) in [5, 5.41) is 0. The fourth-order valence-electron chi connectivity index (χ4n) is 1.82. The van der Waals surface area contributed by atoms with Gasteiger partial charge in [0.1, 0.15) is 0 Å². The van der Waals surface area contributed by atoms with Gasteiger partial charge in [0.2, 0.25) is 0 Å². The molecule has 0 aliphatic carbocycles. The van der Waals surface area contributed by atoms with Crippen LogP contribution in [0.15, 0.2) is 30.6 Å². The van der Waals surface area contributed by atoms with Crippen LogP contribution in [-0.4, -0.2) is 22.6 Å². The van der Waals surface area contributed by atoms with Gasteiger partial charge >= 0.3 is 5.97 Å². The Kier molecular flexibility index (Phi) is 2.95. The molecule has 2 rings (SSSR count). The van der Waals surface area contributed by atoms with Crippen LogP contribution in [0.1, 0.15) is 16.1 Å². The van der Waals surface area contributed by atoms with E-state index in [1.54, 1.807) is 12.4 Å². The lowest BCUT2D eigenvalue weighted by Gasteiger charge is -2.04. The van der Waals surface area contributed by atoms with Gasteiger partial charge in [-0.1, -0.05) is 0 Å². The maximum atomic E-state index is 11.6. The van der Waals surface area contributed by atoms with E-state index in [1.165, 1.54) is 7.11 Å². The second-order valence-corrected chi connectivity index (χ2v) is 3.82. The molecule has 0 aromatic carbocycles. The van der Waals surface area contributed by atoms with Crippen LogP contribution in [0, 0.1) is 6.92 Å². The van der Waals surface area contributed by atoms with Gasteiger partial charge in [0.05, 0.1) is 12.7 Å². The summed E-state index contributed by atoms with van der Waals surface area (Å²) in [6.45, 7) is 1.90. The Hall–Kier alpha value is -2.10. The first-order valence-corrected chi connectivity index (χ1v) is 5.30. The number of esters is 1. The third-order valence-corrected chi connectivity index (χ3v) is 2.92. The number of rotatable bonds is 2. The van der Waals surface area contributed by atoms with Crippen LogP contribution in [-0.2, 0) is 11.8 Å². The van der Waals surface area contributed by atoms with Crippen molar-refractivity contribution >= 4 is 5.97 Å². The van der Waals surface area contributed by atoms with E-state index in [1.807, 2.05) is 36.7 Å². The zero-order valence-electron chi connectivity index (χ0n) is 10.1. The molecule has 4 heteroatoms. The third kappa shape index (κ3) is 1.93. The summed E-state index contributed by atoms with van der Waals surface area (Å²) in [6, 6.07) is 5.67. The standard InChI is InChI=1S/C13H14N2O2/c1-9-11(13(16)17-3)8-12(15(9)2)10-4-6-14-7-5-10/h4-8H,1-3H3. The van der Waals surface area contributed by atoms with Gasteiger partial charge in [-0.25, -0.2) is 4.79 Å². The number of carbonyl (C=O) groups is 1. The Labute approximate surface area is 99.9 Å². The molecule has 17 heavy (non-hydrogen) atoms. The van der Waals surface area contributed by atoms with Crippen LogP contribution >= 0.6 is 0 Å². The Morgan fingerprint density at radius 2 is 2.00 bits per heavy atom. The molecule has 0 fully saturated rings. The number of carbonyl (C=O) groups excluding carboxylic acids is 1. The molecule has 2 aromatic heterocycles. The van der Waals surface area contributed by atoms with Crippen LogP contribution in [0.2, 0.25) is 0 Å². The van der Waals surface area contributed by atoms with Crippen molar-refractivity contribution in [1.82, 2.24) is 9.55 Å². The Balaban J connectivity index is 2.54. The second kappa shape index (κ2) is 4.41. The molecule has 0 aliphatic rings. The summed E-state index contributed by atoms with van der Waals surface area (Å²) in [5.41, 5.74) is 3.50. The number of pyridine rings is 1. The number of aromatic nitrogens is 2.